The minimum Gasteiger partial charge on any atom is -0.345 e. The van der Waals surface area contributed by atoms with E-state index in [1.165, 1.54) is 0 Å². The lowest BCUT2D eigenvalue weighted by Gasteiger charge is -2.23. The number of carbonyl (C=O) groups is 1. The molecule has 0 saturated carbocycles. The highest BCUT2D eigenvalue weighted by atomic mass is 35.5. The molecule has 1 amide bonds. The summed E-state index contributed by atoms with van der Waals surface area (Å²) >= 11 is 6.28. The Kier molecular flexibility index (Phi) is 7.38. The van der Waals surface area contributed by atoms with E-state index < -0.39 is 0 Å². The molecular weight excluding hydrogens is 320 g/mol. The van der Waals surface area contributed by atoms with Crippen LogP contribution in [0.15, 0.2) is 42.6 Å². The van der Waals surface area contributed by atoms with Crippen LogP contribution in [0, 0.1) is 0 Å². The van der Waals surface area contributed by atoms with Crippen molar-refractivity contribution in [1.29, 1.82) is 0 Å². The van der Waals surface area contributed by atoms with Gasteiger partial charge in [0.1, 0.15) is 0 Å². The molecule has 0 N–H and O–H groups in total. The molecule has 0 fully saturated rings. The number of carbonyl (C=O) groups excluding carboxylic acids is 1. The van der Waals surface area contributed by atoms with Gasteiger partial charge >= 0.3 is 0 Å². The molecule has 1 heterocycles. The van der Waals surface area contributed by atoms with Crippen molar-refractivity contribution in [2.24, 2.45) is 0 Å². The normalized spacial score (nSPS) is 10.8. The van der Waals surface area contributed by atoms with Crippen molar-refractivity contribution in [3.63, 3.8) is 0 Å². The van der Waals surface area contributed by atoms with Crippen LogP contribution in [0.3, 0.4) is 0 Å². The molecule has 4 heteroatoms. The third-order valence-electron chi connectivity index (χ3n) is 4.17. The minimum absolute atomic E-state index is 0.254. The first-order valence-corrected chi connectivity index (χ1v) is 9.18. The fraction of sp³-hybridized carbons (Fsp3) is 0.450. The third kappa shape index (κ3) is 5.13. The van der Waals surface area contributed by atoms with E-state index >= 15 is 0 Å². The summed E-state index contributed by atoms with van der Waals surface area (Å²) in [6.07, 6.45) is 5.68. The Morgan fingerprint density at radius 2 is 1.92 bits per heavy atom. The lowest BCUT2D eigenvalue weighted by molar-refractivity contribution is -0.132. The summed E-state index contributed by atoms with van der Waals surface area (Å²) in [6, 6.07) is 12.0. The fourth-order valence-corrected chi connectivity index (χ4v) is 3.00. The van der Waals surface area contributed by atoms with Crippen LogP contribution in [0.2, 0.25) is 5.02 Å². The van der Waals surface area contributed by atoms with Gasteiger partial charge in [0.25, 0.3) is 0 Å². The number of halogens is 1. The van der Waals surface area contributed by atoms with Gasteiger partial charge in [-0.3, -0.25) is 4.79 Å². The lowest BCUT2D eigenvalue weighted by Crippen LogP contribution is -2.32. The molecule has 130 valence electrons. The van der Waals surface area contributed by atoms with Gasteiger partial charge in [-0.1, -0.05) is 50.1 Å². The summed E-state index contributed by atoms with van der Waals surface area (Å²) in [4.78, 5) is 14.4. The molecule has 1 aromatic carbocycles. The summed E-state index contributed by atoms with van der Waals surface area (Å²) in [7, 11) is 0. The zero-order valence-corrected chi connectivity index (χ0v) is 15.4. The van der Waals surface area contributed by atoms with Crippen LogP contribution in [0.4, 0.5) is 0 Å². The van der Waals surface area contributed by atoms with Crippen LogP contribution in [-0.4, -0.2) is 21.9 Å². The molecule has 0 saturated heterocycles. The SMILES string of the molecule is CCCCC(=O)N(CCC)Cc1cccn1Cc1ccccc1Cl. The van der Waals surface area contributed by atoms with E-state index in [1.54, 1.807) is 0 Å². The van der Waals surface area contributed by atoms with Crippen molar-refractivity contribution in [2.45, 2.75) is 52.6 Å². The first kappa shape index (κ1) is 18.6. The molecule has 0 unspecified atom stereocenters. The van der Waals surface area contributed by atoms with E-state index in [0.717, 1.165) is 48.6 Å². The highest BCUT2D eigenvalue weighted by Crippen LogP contribution is 2.18. The Morgan fingerprint density at radius 3 is 2.62 bits per heavy atom. The number of hydrogen-bond acceptors (Lipinski definition) is 1. The summed E-state index contributed by atoms with van der Waals surface area (Å²) < 4.78 is 2.18. The van der Waals surface area contributed by atoms with Crippen LogP contribution in [0.1, 0.15) is 50.8 Å². The van der Waals surface area contributed by atoms with Crippen LogP contribution in [0.25, 0.3) is 0 Å². The smallest absolute Gasteiger partial charge is 0.222 e. The van der Waals surface area contributed by atoms with Gasteiger partial charge in [0.05, 0.1) is 6.54 Å². The van der Waals surface area contributed by atoms with E-state index in [9.17, 15) is 4.79 Å². The number of unbranched alkanes of at least 4 members (excludes halogenated alkanes) is 1. The van der Waals surface area contributed by atoms with Crippen LogP contribution in [-0.2, 0) is 17.9 Å². The zero-order valence-electron chi connectivity index (χ0n) is 14.7. The number of aromatic nitrogens is 1. The molecule has 0 spiro atoms. The van der Waals surface area contributed by atoms with Gasteiger partial charge in [-0.05, 0) is 36.6 Å². The number of amides is 1. The van der Waals surface area contributed by atoms with Crippen molar-refractivity contribution in [1.82, 2.24) is 9.47 Å². The third-order valence-corrected chi connectivity index (χ3v) is 4.53. The Morgan fingerprint density at radius 1 is 1.12 bits per heavy atom. The second kappa shape index (κ2) is 9.53. The van der Waals surface area contributed by atoms with Crippen LogP contribution < -0.4 is 0 Å². The molecule has 0 bridgehead atoms. The highest BCUT2D eigenvalue weighted by molar-refractivity contribution is 6.31. The first-order chi connectivity index (χ1) is 11.7. The van der Waals surface area contributed by atoms with Gasteiger partial charge in [-0.15, -0.1) is 0 Å². The topological polar surface area (TPSA) is 25.2 Å². The van der Waals surface area contributed by atoms with Gasteiger partial charge in [-0.25, -0.2) is 0 Å². The quantitative estimate of drug-likeness (QED) is 0.618. The molecule has 0 radical (unpaired) electrons. The maximum atomic E-state index is 12.4. The molecular formula is C20H27ClN2O. The molecule has 0 atom stereocenters. The largest absolute Gasteiger partial charge is 0.345 e. The molecule has 24 heavy (non-hydrogen) atoms. The van der Waals surface area contributed by atoms with E-state index in [1.807, 2.05) is 35.2 Å². The van der Waals surface area contributed by atoms with E-state index in [2.05, 4.69) is 30.7 Å². The molecule has 0 aliphatic rings. The fourth-order valence-electron chi connectivity index (χ4n) is 2.80. The number of rotatable bonds is 9. The molecule has 1 aromatic heterocycles. The maximum absolute atomic E-state index is 12.4. The van der Waals surface area contributed by atoms with Crippen LogP contribution in [0.5, 0.6) is 0 Å². The molecule has 2 rings (SSSR count). The number of hydrogen-bond donors (Lipinski definition) is 0. The minimum atomic E-state index is 0.254. The van der Waals surface area contributed by atoms with E-state index in [-0.39, 0.29) is 5.91 Å². The van der Waals surface area contributed by atoms with Crippen molar-refractivity contribution in [2.75, 3.05) is 6.54 Å². The van der Waals surface area contributed by atoms with Crippen LogP contribution >= 0.6 is 11.6 Å². The second-order valence-corrected chi connectivity index (χ2v) is 6.54. The van der Waals surface area contributed by atoms with E-state index in [0.29, 0.717) is 13.0 Å². The Hall–Kier alpha value is -1.74. The van der Waals surface area contributed by atoms with Crippen molar-refractivity contribution < 1.29 is 4.79 Å². The van der Waals surface area contributed by atoms with Crippen molar-refractivity contribution in [3.8, 4) is 0 Å². The average molecular weight is 347 g/mol. The zero-order chi connectivity index (χ0) is 17.4. The molecule has 2 aromatic rings. The Labute approximate surface area is 150 Å². The summed E-state index contributed by atoms with van der Waals surface area (Å²) in [5, 5.41) is 0.779. The number of nitrogens with zero attached hydrogens (tertiary/aromatic N) is 2. The predicted octanol–water partition coefficient (Wildman–Crippen LogP) is 5.12. The average Bonchev–Trinajstić information content (AvgIpc) is 3.01. The van der Waals surface area contributed by atoms with Crippen molar-refractivity contribution in [3.05, 3.63) is 58.9 Å². The Balaban J connectivity index is 2.10. The Bertz CT molecular complexity index is 651. The first-order valence-electron chi connectivity index (χ1n) is 8.80. The number of benzene rings is 1. The molecule has 0 aliphatic heterocycles. The maximum Gasteiger partial charge on any atom is 0.222 e. The van der Waals surface area contributed by atoms with Gasteiger partial charge in [0.15, 0.2) is 0 Å². The van der Waals surface area contributed by atoms with Crippen molar-refractivity contribution >= 4 is 17.5 Å². The van der Waals surface area contributed by atoms with Gasteiger partial charge < -0.3 is 9.47 Å². The van der Waals surface area contributed by atoms with Gasteiger partial charge in [-0.2, -0.15) is 0 Å². The predicted molar refractivity (Wildman–Crippen MR) is 100 cm³/mol. The lowest BCUT2D eigenvalue weighted by atomic mass is 10.2. The molecule has 3 nitrogen and oxygen atoms in total. The second-order valence-electron chi connectivity index (χ2n) is 6.14. The summed E-state index contributed by atoms with van der Waals surface area (Å²) in [5.74, 6) is 0.254. The summed E-state index contributed by atoms with van der Waals surface area (Å²) in [5.41, 5.74) is 2.24. The summed E-state index contributed by atoms with van der Waals surface area (Å²) in [6.45, 7) is 6.42. The van der Waals surface area contributed by atoms with Gasteiger partial charge in [0, 0.05) is 36.4 Å². The van der Waals surface area contributed by atoms with E-state index in [4.69, 9.17) is 11.6 Å². The van der Waals surface area contributed by atoms with Gasteiger partial charge in [0.2, 0.25) is 5.91 Å². The monoisotopic (exact) mass is 346 g/mol. The standard InChI is InChI=1S/C20H27ClN2O/c1-3-5-12-20(24)23(13-4-2)16-18-10-8-14-22(18)15-17-9-6-7-11-19(17)21/h6-11,14H,3-5,12-13,15-16H2,1-2H3. The molecule has 0 aliphatic carbocycles. The highest BCUT2D eigenvalue weighted by Gasteiger charge is 2.14.